The molecule has 0 fully saturated rings. The summed E-state index contributed by atoms with van der Waals surface area (Å²) in [6, 6.07) is 15.6. The maximum absolute atomic E-state index is 8.63. The third-order valence-corrected chi connectivity index (χ3v) is 4.49. The summed E-state index contributed by atoms with van der Waals surface area (Å²) in [6.07, 6.45) is 0. The van der Waals surface area contributed by atoms with Crippen molar-refractivity contribution < 1.29 is 12.6 Å². The van der Waals surface area contributed by atoms with E-state index >= 15 is 0 Å². The maximum Gasteiger partial charge on any atom is 0.136 e. The molecular formula is C24H15ClO. The molecule has 26 heavy (non-hydrogen) atoms. The van der Waals surface area contributed by atoms with E-state index in [1.807, 2.05) is 48.5 Å². The van der Waals surface area contributed by atoms with Crippen molar-refractivity contribution >= 4 is 33.5 Å². The van der Waals surface area contributed by atoms with E-state index in [-0.39, 0.29) is 63.2 Å². The summed E-state index contributed by atoms with van der Waals surface area (Å²) in [6.45, 7) is 0. The molecule has 5 rings (SSSR count). The molecule has 0 bridgehead atoms. The largest absolute Gasteiger partial charge is 0.456 e. The van der Waals surface area contributed by atoms with E-state index in [9.17, 15) is 0 Å². The first-order valence-corrected chi connectivity index (χ1v) is 8.46. The molecule has 0 spiro atoms. The fourth-order valence-electron chi connectivity index (χ4n) is 3.13. The molecule has 0 saturated heterocycles. The average Bonchev–Trinajstić information content (AvgIpc) is 3.21. The Morgan fingerprint density at radius 3 is 2.46 bits per heavy atom. The van der Waals surface area contributed by atoms with Gasteiger partial charge in [-0.15, -0.1) is 0 Å². The number of hydrogen-bond donors (Lipinski definition) is 0. The molecule has 0 aliphatic carbocycles. The fourth-order valence-corrected chi connectivity index (χ4v) is 3.26. The molecule has 0 radical (unpaired) electrons. The van der Waals surface area contributed by atoms with Gasteiger partial charge < -0.3 is 4.42 Å². The van der Waals surface area contributed by atoms with Gasteiger partial charge in [0.05, 0.1) is 8.22 Å². The lowest BCUT2D eigenvalue weighted by molar-refractivity contribution is 0.669. The van der Waals surface area contributed by atoms with Gasteiger partial charge in [-0.05, 0) is 46.4 Å². The van der Waals surface area contributed by atoms with Crippen LogP contribution in [0.1, 0.15) is 8.22 Å². The van der Waals surface area contributed by atoms with Crippen LogP contribution in [0.3, 0.4) is 0 Å². The van der Waals surface area contributed by atoms with Crippen LogP contribution in [0.25, 0.3) is 44.2 Å². The van der Waals surface area contributed by atoms with E-state index in [1.165, 1.54) is 0 Å². The molecule has 1 heterocycles. The van der Waals surface area contributed by atoms with Crippen molar-refractivity contribution in [3.05, 3.63) is 95.9 Å². The number of hydrogen-bond acceptors (Lipinski definition) is 1. The molecule has 0 unspecified atom stereocenters. The molecule has 1 aromatic heterocycles. The highest BCUT2D eigenvalue weighted by molar-refractivity contribution is 6.31. The highest BCUT2D eigenvalue weighted by Crippen LogP contribution is 2.38. The summed E-state index contributed by atoms with van der Waals surface area (Å²) >= 11 is 6.06. The summed E-state index contributed by atoms with van der Waals surface area (Å²) in [5, 5.41) is 0.222. The van der Waals surface area contributed by atoms with Crippen LogP contribution >= 0.6 is 11.6 Å². The second kappa shape index (κ2) is 6.05. The van der Waals surface area contributed by atoms with Crippen molar-refractivity contribution in [2.45, 2.75) is 0 Å². The summed E-state index contributed by atoms with van der Waals surface area (Å²) in [4.78, 5) is 0. The monoisotopic (exact) mass is 360 g/mol. The Morgan fingerprint density at radius 2 is 1.58 bits per heavy atom. The molecule has 0 saturated carbocycles. The molecule has 0 aliphatic rings. The Labute approximate surface area is 164 Å². The van der Waals surface area contributed by atoms with E-state index in [1.54, 1.807) is 6.07 Å². The zero-order valence-corrected chi connectivity index (χ0v) is 14.2. The molecule has 0 N–H and O–H groups in total. The van der Waals surface area contributed by atoms with Crippen molar-refractivity contribution in [2.24, 2.45) is 0 Å². The molecule has 124 valence electrons. The van der Waals surface area contributed by atoms with Crippen molar-refractivity contribution in [3.8, 4) is 22.3 Å². The van der Waals surface area contributed by atoms with Gasteiger partial charge in [-0.3, -0.25) is 0 Å². The van der Waals surface area contributed by atoms with Crippen molar-refractivity contribution in [2.75, 3.05) is 0 Å². The van der Waals surface area contributed by atoms with Crippen molar-refractivity contribution in [1.29, 1.82) is 0 Å². The quantitative estimate of drug-likeness (QED) is 0.316. The van der Waals surface area contributed by atoms with Crippen molar-refractivity contribution in [1.82, 2.24) is 0 Å². The second-order valence-corrected chi connectivity index (χ2v) is 6.27. The van der Waals surface area contributed by atoms with Gasteiger partial charge in [0.1, 0.15) is 11.2 Å². The van der Waals surface area contributed by atoms with Gasteiger partial charge in [0.25, 0.3) is 0 Å². The topological polar surface area (TPSA) is 13.1 Å². The van der Waals surface area contributed by atoms with Gasteiger partial charge in [0, 0.05) is 21.8 Å². The van der Waals surface area contributed by atoms with Crippen LogP contribution in [0.15, 0.2) is 95.3 Å². The lowest BCUT2D eigenvalue weighted by Crippen LogP contribution is -1.82. The van der Waals surface area contributed by atoms with Crippen LogP contribution < -0.4 is 0 Å². The van der Waals surface area contributed by atoms with E-state index in [0.29, 0.717) is 11.1 Å². The Hall–Kier alpha value is -3.03. The first kappa shape index (κ1) is 10.2. The van der Waals surface area contributed by atoms with Crippen LogP contribution in [0.5, 0.6) is 0 Å². The summed E-state index contributed by atoms with van der Waals surface area (Å²) in [5.74, 6) is 0. The normalized spacial score (nSPS) is 14.5. The third kappa shape index (κ3) is 2.49. The molecule has 0 aliphatic heterocycles. The Balaban J connectivity index is 1.95. The maximum atomic E-state index is 8.63. The predicted octanol–water partition coefficient (Wildman–Crippen LogP) is 7.57. The number of halogens is 1. The highest BCUT2D eigenvalue weighted by atomic mass is 35.5. The van der Waals surface area contributed by atoms with Gasteiger partial charge in [-0.25, -0.2) is 0 Å². The van der Waals surface area contributed by atoms with Gasteiger partial charge in [0.15, 0.2) is 0 Å². The van der Waals surface area contributed by atoms with E-state index in [2.05, 4.69) is 0 Å². The first-order valence-electron chi connectivity index (χ1n) is 11.1. The van der Waals surface area contributed by atoms with E-state index < -0.39 is 0 Å². The van der Waals surface area contributed by atoms with Crippen LogP contribution in [0.4, 0.5) is 0 Å². The number of benzene rings is 4. The van der Waals surface area contributed by atoms with Gasteiger partial charge in [-0.2, -0.15) is 0 Å². The smallest absolute Gasteiger partial charge is 0.136 e. The number of rotatable bonds is 2. The zero-order chi connectivity index (χ0) is 22.7. The lowest BCUT2D eigenvalue weighted by Gasteiger charge is -2.07. The molecular weight excluding hydrogens is 340 g/mol. The fraction of sp³-hybridized carbons (Fsp3) is 0. The van der Waals surface area contributed by atoms with Crippen LogP contribution in [-0.2, 0) is 0 Å². The Morgan fingerprint density at radius 1 is 0.769 bits per heavy atom. The van der Waals surface area contributed by atoms with Crippen LogP contribution in [0.2, 0.25) is 5.02 Å². The third-order valence-electron chi connectivity index (χ3n) is 4.30. The molecule has 0 amide bonds. The zero-order valence-electron chi connectivity index (χ0n) is 19.5. The second-order valence-electron chi connectivity index (χ2n) is 5.90. The van der Waals surface area contributed by atoms with Crippen LogP contribution in [-0.4, -0.2) is 0 Å². The van der Waals surface area contributed by atoms with Crippen LogP contribution in [0, 0.1) is 0 Å². The molecule has 0 atom stereocenters. The van der Waals surface area contributed by atoms with E-state index in [0.717, 1.165) is 11.1 Å². The van der Waals surface area contributed by atoms with Crippen molar-refractivity contribution in [3.63, 3.8) is 0 Å². The lowest BCUT2D eigenvalue weighted by atomic mass is 9.96. The van der Waals surface area contributed by atoms with Gasteiger partial charge in [0.2, 0.25) is 0 Å². The predicted molar refractivity (Wildman–Crippen MR) is 110 cm³/mol. The number of fused-ring (bicyclic) bond motifs is 3. The van der Waals surface area contributed by atoms with Gasteiger partial charge >= 0.3 is 0 Å². The molecule has 4 aromatic carbocycles. The number of furan rings is 1. The Bertz CT molecular complexity index is 1540. The SMILES string of the molecule is [2H]c1c([2H])c(-c2cccc(-c3ccccc3)c2)c2c(oc3c([2H])c(Cl)c([2H])c([2H])c32)c1[2H]. The molecule has 2 heteroatoms. The minimum Gasteiger partial charge on any atom is -0.456 e. The molecule has 5 aromatic rings. The van der Waals surface area contributed by atoms with Gasteiger partial charge in [-0.1, -0.05) is 72.2 Å². The first-order chi connectivity index (χ1) is 15.3. The summed E-state index contributed by atoms with van der Waals surface area (Å²) < 4.78 is 55.9. The minimum absolute atomic E-state index is 0.00443. The molecule has 1 nitrogen and oxygen atoms in total. The minimum atomic E-state index is -0.316. The van der Waals surface area contributed by atoms with E-state index in [4.69, 9.17) is 24.2 Å². The summed E-state index contributed by atoms with van der Waals surface area (Å²) in [7, 11) is 0. The highest BCUT2D eigenvalue weighted by Gasteiger charge is 2.13. The average molecular weight is 361 g/mol. The standard InChI is InChI=1S/C24H15ClO/c25-19-12-13-21-23(15-19)26-22-11-5-10-20(24(21)22)18-9-4-8-17(14-18)16-6-2-1-3-7-16/h1-15H/i5D,10D,11D,12D,13D,15D. The summed E-state index contributed by atoms with van der Waals surface area (Å²) in [5.41, 5.74) is 2.81. The Kier molecular flexibility index (Phi) is 2.37.